The van der Waals surface area contributed by atoms with Gasteiger partial charge in [-0.3, -0.25) is 4.79 Å². The molecule has 0 bridgehead atoms. The minimum absolute atomic E-state index is 0.0192. The number of amides is 1. The van der Waals surface area contributed by atoms with E-state index in [1.165, 1.54) is 0 Å². The number of benzene rings is 1. The third-order valence-electron chi connectivity index (χ3n) is 2.80. The topological polar surface area (TPSA) is 38.3 Å². The summed E-state index contributed by atoms with van der Waals surface area (Å²) in [6, 6.07) is 5.59. The molecule has 0 aliphatic carbocycles. The van der Waals surface area contributed by atoms with Crippen LogP contribution in [0.5, 0.6) is 5.75 Å². The highest BCUT2D eigenvalue weighted by atomic mass is 35.5. The Morgan fingerprint density at radius 2 is 2.29 bits per heavy atom. The van der Waals surface area contributed by atoms with Gasteiger partial charge in [0.05, 0.1) is 6.61 Å². The summed E-state index contributed by atoms with van der Waals surface area (Å²) in [5.74, 6) is 1.53. The molecule has 0 spiro atoms. The molecule has 92 valence electrons. The van der Waals surface area contributed by atoms with Gasteiger partial charge in [-0.2, -0.15) is 0 Å². The van der Waals surface area contributed by atoms with E-state index >= 15 is 0 Å². The molecule has 17 heavy (non-hydrogen) atoms. The fourth-order valence-corrected chi connectivity index (χ4v) is 2.04. The largest absolute Gasteiger partial charge is 0.493 e. The average Bonchev–Trinajstić information content (AvgIpc) is 2.81. The van der Waals surface area contributed by atoms with Crippen LogP contribution in [0.1, 0.15) is 28.8 Å². The summed E-state index contributed by atoms with van der Waals surface area (Å²) in [6.07, 6.45) is 2.74. The van der Waals surface area contributed by atoms with Gasteiger partial charge in [-0.25, -0.2) is 0 Å². The number of carbonyl (C=O) groups excluding carboxylic acids is 1. The van der Waals surface area contributed by atoms with Crippen LogP contribution in [-0.4, -0.2) is 24.9 Å². The Kier molecular flexibility index (Phi) is 4.26. The molecule has 1 amide bonds. The highest BCUT2D eigenvalue weighted by molar-refractivity contribution is 6.17. The van der Waals surface area contributed by atoms with Gasteiger partial charge in [0, 0.05) is 24.4 Å². The van der Waals surface area contributed by atoms with Crippen LogP contribution in [-0.2, 0) is 6.42 Å². The van der Waals surface area contributed by atoms with E-state index in [1.54, 1.807) is 6.07 Å². The standard InChI is InChI=1S/C13H16ClNO2/c14-6-1-2-7-15-13(16)11-3-4-12-10(9-11)5-8-17-12/h3-4,9H,1-2,5-8H2,(H,15,16). The number of fused-ring (bicyclic) bond motifs is 1. The van der Waals surface area contributed by atoms with Crippen molar-refractivity contribution in [3.8, 4) is 5.75 Å². The quantitative estimate of drug-likeness (QED) is 0.646. The molecule has 0 radical (unpaired) electrons. The van der Waals surface area contributed by atoms with Crippen LogP contribution in [0.4, 0.5) is 0 Å². The molecule has 4 heteroatoms. The summed E-state index contributed by atoms with van der Waals surface area (Å²) in [5, 5.41) is 2.89. The third kappa shape index (κ3) is 3.13. The minimum atomic E-state index is -0.0192. The van der Waals surface area contributed by atoms with Gasteiger partial charge in [-0.1, -0.05) is 0 Å². The summed E-state index contributed by atoms with van der Waals surface area (Å²) >= 11 is 5.57. The molecule has 1 N–H and O–H groups in total. The zero-order valence-electron chi connectivity index (χ0n) is 9.67. The van der Waals surface area contributed by atoms with Crippen LogP contribution in [0, 0.1) is 0 Å². The van der Waals surface area contributed by atoms with E-state index in [9.17, 15) is 4.79 Å². The van der Waals surface area contributed by atoms with E-state index in [0.717, 1.165) is 37.2 Å². The van der Waals surface area contributed by atoms with Gasteiger partial charge in [-0.05, 0) is 36.6 Å². The summed E-state index contributed by atoms with van der Waals surface area (Å²) in [6.45, 7) is 1.40. The van der Waals surface area contributed by atoms with Crippen LogP contribution in [0.25, 0.3) is 0 Å². The maximum atomic E-state index is 11.8. The molecule has 1 aliphatic rings. The zero-order valence-corrected chi connectivity index (χ0v) is 10.4. The predicted octanol–water partition coefficient (Wildman–Crippen LogP) is 2.37. The number of halogens is 1. The first kappa shape index (κ1) is 12.2. The number of carbonyl (C=O) groups is 1. The highest BCUT2D eigenvalue weighted by Gasteiger charge is 2.14. The molecular formula is C13H16ClNO2. The van der Waals surface area contributed by atoms with Gasteiger partial charge in [0.1, 0.15) is 5.75 Å². The van der Waals surface area contributed by atoms with Gasteiger partial charge in [-0.15, -0.1) is 11.6 Å². The molecule has 0 aromatic heterocycles. The molecule has 0 fully saturated rings. The van der Waals surface area contributed by atoms with Crippen molar-refractivity contribution in [1.82, 2.24) is 5.32 Å². The van der Waals surface area contributed by atoms with Gasteiger partial charge >= 0.3 is 0 Å². The Balaban J connectivity index is 1.91. The minimum Gasteiger partial charge on any atom is -0.493 e. The predicted molar refractivity (Wildman–Crippen MR) is 67.9 cm³/mol. The first-order valence-electron chi connectivity index (χ1n) is 5.91. The number of hydrogen-bond acceptors (Lipinski definition) is 2. The molecular weight excluding hydrogens is 238 g/mol. The molecule has 0 unspecified atom stereocenters. The molecule has 0 saturated carbocycles. The fraction of sp³-hybridized carbons (Fsp3) is 0.462. The van der Waals surface area contributed by atoms with E-state index in [-0.39, 0.29) is 5.91 Å². The van der Waals surface area contributed by atoms with E-state index in [4.69, 9.17) is 16.3 Å². The van der Waals surface area contributed by atoms with E-state index in [2.05, 4.69) is 5.32 Å². The van der Waals surface area contributed by atoms with Crippen molar-refractivity contribution in [3.63, 3.8) is 0 Å². The molecule has 1 aliphatic heterocycles. The van der Waals surface area contributed by atoms with Crippen LogP contribution >= 0.6 is 11.6 Å². The Bertz CT molecular complexity index is 406. The van der Waals surface area contributed by atoms with E-state index in [0.29, 0.717) is 18.0 Å². The lowest BCUT2D eigenvalue weighted by atomic mass is 10.1. The lowest BCUT2D eigenvalue weighted by Crippen LogP contribution is -2.24. The number of unbranched alkanes of at least 4 members (excludes halogenated alkanes) is 1. The highest BCUT2D eigenvalue weighted by Crippen LogP contribution is 2.25. The Labute approximate surface area is 106 Å². The lowest BCUT2D eigenvalue weighted by molar-refractivity contribution is 0.0953. The smallest absolute Gasteiger partial charge is 0.251 e. The second-order valence-electron chi connectivity index (χ2n) is 4.07. The van der Waals surface area contributed by atoms with Crippen molar-refractivity contribution in [3.05, 3.63) is 29.3 Å². The number of rotatable bonds is 5. The first-order valence-corrected chi connectivity index (χ1v) is 6.44. The number of ether oxygens (including phenoxy) is 1. The molecule has 1 aromatic carbocycles. The summed E-state index contributed by atoms with van der Waals surface area (Å²) in [4.78, 5) is 11.8. The average molecular weight is 254 g/mol. The Morgan fingerprint density at radius 1 is 1.41 bits per heavy atom. The van der Waals surface area contributed by atoms with Gasteiger partial charge in [0.25, 0.3) is 5.91 Å². The van der Waals surface area contributed by atoms with Crippen molar-refractivity contribution in [1.29, 1.82) is 0 Å². The van der Waals surface area contributed by atoms with Crippen LogP contribution < -0.4 is 10.1 Å². The maximum absolute atomic E-state index is 11.8. The van der Waals surface area contributed by atoms with Crippen molar-refractivity contribution in [2.24, 2.45) is 0 Å². The second kappa shape index (κ2) is 5.92. The van der Waals surface area contributed by atoms with Crippen molar-refractivity contribution >= 4 is 17.5 Å². The van der Waals surface area contributed by atoms with Crippen LogP contribution in [0.15, 0.2) is 18.2 Å². The fourth-order valence-electron chi connectivity index (χ4n) is 1.85. The number of hydrogen-bond donors (Lipinski definition) is 1. The van der Waals surface area contributed by atoms with Gasteiger partial charge in [0.2, 0.25) is 0 Å². The second-order valence-corrected chi connectivity index (χ2v) is 4.45. The third-order valence-corrected chi connectivity index (χ3v) is 3.06. The molecule has 3 nitrogen and oxygen atoms in total. The van der Waals surface area contributed by atoms with E-state index in [1.807, 2.05) is 12.1 Å². The molecule has 0 atom stereocenters. The van der Waals surface area contributed by atoms with Crippen molar-refractivity contribution < 1.29 is 9.53 Å². The SMILES string of the molecule is O=C(NCCCCCl)c1ccc2c(c1)CCO2. The summed E-state index contributed by atoms with van der Waals surface area (Å²) < 4.78 is 5.40. The van der Waals surface area contributed by atoms with Crippen molar-refractivity contribution in [2.45, 2.75) is 19.3 Å². The van der Waals surface area contributed by atoms with E-state index < -0.39 is 0 Å². The number of alkyl halides is 1. The van der Waals surface area contributed by atoms with Gasteiger partial charge < -0.3 is 10.1 Å². The normalized spacial score (nSPS) is 13.0. The number of nitrogens with one attached hydrogen (secondary N) is 1. The summed E-state index contributed by atoms with van der Waals surface area (Å²) in [7, 11) is 0. The lowest BCUT2D eigenvalue weighted by Gasteiger charge is -2.06. The van der Waals surface area contributed by atoms with Gasteiger partial charge in [0.15, 0.2) is 0 Å². The van der Waals surface area contributed by atoms with Crippen molar-refractivity contribution in [2.75, 3.05) is 19.0 Å². The molecule has 2 rings (SSSR count). The van der Waals surface area contributed by atoms with Crippen LogP contribution in [0.3, 0.4) is 0 Å². The monoisotopic (exact) mass is 253 g/mol. The Hall–Kier alpha value is -1.22. The Morgan fingerprint density at radius 3 is 3.12 bits per heavy atom. The zero-order chi connectivity index (χ0) is 12.1. The molecule has 1 aromatic rings. The first-order chi connectivity index (χ1) is 8.31. The molecule has 1 heterocycles. The van der Waals surface area contributed by atoms with Crippen LogP contribution in [0.2, 0.25) is 0 Å². The summed E-state index contributed by atoms with van der Waals surface area (Å²) in [5.41, 5.74) is 1.83. The molecule has 0 saturated heterocycles. The maximum Gasteiger partial charge on any atom is 0.251 e.